The minimum absolute atomic E-state index is 0.343. The lowest BCUT2D eigenvalue weighted by Crippen LogP contribution is -1.87. The average Bonchev–Trinajstić information content (AvgIpc) is 2.89. The van der Waals surface area contributed by atoms with Gasteiger partial charge >= 0.3 is 0 Å². The highest BCUT2D eigenvalue weighted by atomic mass is 32.1. The summed E-state index contributed by atoms with van der Waals surface area (Å²) in [4.78, 5) is 18.5. The van der Waals surface area contributed by atoms with Crippen molar-refractivity contribution < 1.29 is 4.79 Å². The average molecular weight is 266 g/mol. The number of benzene rings is 2. The second-order valence-electron chi connectivity index (χ2n) is 4.05. The Kier molecular flexibility index (Phi) is 3.19. The van der Waals surface area contributed by atoms with E-state index in [0.29, 0.717) is 6.54 Å². The van der Waals surface area contributed by atoms with Gasteiger partial charge in [-0.05, 0) is 17.7 Å². The van der Waals surface area contributed by atoms with Crippen LogP contribution in [0.2, 0.25) is 0 Å². The highest BCUT2D eigenvalue weighted by molar-refractivity contribution is 7.21. The number of hydrogen-bond donors (Lipinski definition) is 0. The largest absolute Gasteiger partial charge is 0.236 e. The number of nitrogens with zero attached hydrogens (tertiary/aromatic N) is 2. The van der Waals surface area contributed by atoms with Crippen LogP contribution in [0.4, 0.5) is 0 Å². The number of fused-ring (bicyclic) bond motifs is 1. The minimum atomic E-state index is 0.343. The lowest BCUT2D eigenvalue weighted by Gasteiger charge is -2.02. The van der Waals surface area contributed by atoms with Gasteiger partial charge < -0.3 is 0 Å². The minimum Gasteiger partial charge on any atom is -0.236 e. The van der Waals surface area contributed by atoms with E-state index in [2.05, 4.69) is 16.0 Å². The zero-order valence-corrected chi connectivity index (χ0v) is 10.9. The number of hydrogen-bond acceptors (Lipinski definition) is 4. The standard InChI is InChI=1S/C15H10N2OS/c18-10-16-9-11-5-1-2-6-12(11)15-17-13-7-3-4-8-14(13)19-15/h1-8H,9H2. The van der Waals surface area contributed by atoms with Crippen molar-refractivity contribution in [2.24, 2.45) is 4.99 Å². The fraction of sp³-hybridized carbons (Fsp3) is 0.0667. The topological polar surface area (TPSA) is 42.3 Å². The van der Waals surface area contributed by atoms with Gasteiger partial charge in [0.15, 0.2) is 0 Å². The van der Waals surface area contributed by atoms with Gasteiger partial charge in [0.25, 0.3) is 0 Å². The van der Waals surface area contributed by atoms with Crippen molar-refractivity contribution in [1.82, 2.24) is 4.98 Å². The maximum Gasteiger partial charge on any atom is 0.235 e. The molecular weight excluding hydrogens is 256 g/mol. The maximum absolute atomic E-state index is 10.3. The molecule has 0 unspecified atom stereocenters. The number of carbonyl (C=O) groups excluding carboxylic acids is 1. The van der Waals surface area contributed by atoms with E-state index in [0.717, 1.165) is 26.4 Å². The summed E-state index contributed by atoms with van der Waals surface area (Å²) in [6.07, 6.45) is 1.58. The Morgan fingerprint density at radius 2 is 1.89 bits per heavy atom. The number of para-hydroxylation sites is 1. The van der Waals surface area contributed by atoms with E-state index < -0.39 is 0 Å². The summed E-state index contributed by atoms with van der Waals surface area (Å²) in [6.45, 7) is 0.343. The molecule has 4 heteroatoms. The molecule has 0 atom stereocenters. The monoisotopic (exact) mass is 266 g/mol. The number of thiazole rings is 1. The summed E-state index contributed by atoms with van der Waals surface area (Å²) in [7, 11) is 0. The molecule has 0 N–H and O–H groups in total. The summed E-state index contributed by atoms with van der Waals surface area (Å²) in [5.74, 6) is 0. The van der Waals surface area contributed by atoms with Crippen molar-refractivity contribution in [2.75, 3.05) is 0 Å². The summed E-state index contributed by atoms with van der Waals surface area (Å²) >= 11 is 1.65. The first-order valence-electron chi connectivity index (χ1n) is 5.86. The summed E-state index contributed by atoms with van der Waals surface area (Å²) in [5, 5.41) is 0.956. The molecule has 19 heavy (non-hydrogen) atoms. The van der Waals surface area contributed by atoms with E-state index in [4.69, 9.17) is 0 Å². The fourth-order valence-electron chi connectivity index (χ4n) is 1.97. The van der Waals surface area contributed by atoms with Gasteiger partial charge in [-0.15, -0.1) is 11.3 Å². The molecule has 3 aromatic rings. The summed E-state index contributed by atoms with van der Waals surface area (Å²) in [5.41, 5.74) is 3.02. The van der Waals surface area contributed by atoms with Crippen molar-refractivity contribution in [2.45, 2.75) is 6.54 Å². The quantitative estimate of drug-likeness (QED) is 0.534. The van der Waals surface area contributed by atoms with Crippen LogP contribution in [0.3, 0.4) is 0 Å². The molecule has 2 aromatic carbocycles. The van der Waals surface area contributed by atoms with Crippen LogP contribution in [0.15, 0.2) is 53.5 Å². The second-order valence-corrected chi connectivity index (χ2v) is 5.08. The molecule has 0 fully saturated rings. The molecule has 0 radical (unpaired) electrons. The lowest BCUT2D eigenvalue weighted by atomic mass is 10.1. The number of isocyanates is 1. The normalized spacial score (nSPS) is 10.3. The fourth-order valence-corrected chi connectivity index (χ4v) is 3.00. The first-order chi connectivity index (χ1) is 9.38. The third-order valence-corrected chi connectivity index (χ3v) is 3.93. The molecule has 0 aliphatic carbocycles. The zero-order valence-electron chi connectivity index (χ0n) is 10.0. The Labute approximate surface area is 114 Å². The molecule has 0 aliphatic heterocycles. The predicted molar refractivity (Wildman–Crippen MR) is 76.9 cm³/mol. The smallest absolute Gasteiger partial charge is 0.235 e. The molecule has 0 bridgehead atoms. The highest BCUT2D eigenvalue weighted by Crippen LogP contribution is 2.32. The van der Waals surface area contributed by atoms with Gasteiger partial charge in [-0.25, -0.2) is 14.8 Å². The van der Waals surface area contributed by atoms with Crippen molar-refractivity contribution in [3.8, 4) is 10.6 Å². The van der Waals surface area contributed by atoms with Crippen LogP contribution >= 0.6 is 11.3 Å². The Morgan fingerprint density at radius 1 is 1.11 bits per heavy atom. The van der Waals surface area contributed by atoms with Crippen LogP contribution in [-0.4, -0.2) is 11.1 Å². The molecule has 1 aromatic heterocycles. The van der Waals surface area contributed by atoms with Gasteiger partial charge in [0, 0.05) is 5.56 Å². The molecule has 0 saturated carbocycles. The van der Waals surface area contributed by atoms with E-state index >= 15 is 0 Å². The van der Waals surface area contributed by atoms with Crippen molar-refractivity contribution in [3.63, 3.8) is 0 Å². The third kappa shape index (κ3) is 2.32. The van der Waals surface area contributed by atoms with Crippen LogP contribution in [0, 0.1) is 0 Å². The zero-order chi connectivity index (χ0) is 13.1. The van der Waals surface area contributed by atoms with Crippen molar-refractivity contribution >= 4 is 27.6 Å². The van der Waals surface area contributed by atoms with Crippen LogP contribution in [0.25, 0.3) is 20.8 Å². The van der Waals surface area contributed by atoms with Crippen molar-refractivity contribution in [3.05, 3.63) is 54.1 Å². The van der Waals surface area contributed by atoms with Gasteiger partial charge in [0.1, 0.15) is 5.01 Å². The van der Waals surface area contributed by atoms with Crippen LogP contribution in [-0.2, 0) is 11.3 Å². The van der Waals surface area contributed by atoms with E-state index in [1.807, 2.05) is 42.5 Å². The SMILES string of the molecule is O=C=NCc1ccccc1-c1nc2ccccc2s1. The van der Waals surface area contributed by atoms with E-state index in [1.54, 1.807) is 17.4 Å². The number of rotatable bonds is 3. The second kappa shape index (κ2) is 5.14. The lowest BCUT2D eigenvalue weighted by molar-refractivity contribution is 0.563. The highest BCUT2D eigenvalue weighted by Gasteiger charge is 2.09. The number of aromatic nitrogens is 1. The Balaban J connectivity index is 2.12. The van der Waals surface area contributed by atoms with E-state index in [-0.39, 0.29) is 0 Å². The van der Waals surface area contributed by atoms with Gasteiger partial charge in [0.05, 0.1) is 16.8 Å². The molecule has 1 heterocycles. The molecule has 0 saturated heterocycles. The number of aliphatic imine (C=N–C) groups is 1. The molecule has 0 amide bonds. The first-order valence-corrected chi connectivity index (χ1v) is 6.67. The van der Waals surface area contributed by atoms with Gasteiger partial charge in [-0.3, -0.25) is 0 Å². The van der Waals surface area contributed by atoms with Gasteiger partial charge in [0.2, 0.25) is 6.08 Å². The Bertz CT molecular complexity index is 739. The third-order valence-electron chi connectivity index (χ3n) is 2.86. The van der Waals surface area contributed by atoms with E-state index in [9.17, 15) is 4.79 Å². The molecule has 92 valence electrons. The molecular formula is C15H10N2OS. The molecule has 0 aliphatic rings. The summed E-state index contributed by atoms with van der Waals surface area (Å²) in [6, 6.07) is 15.9. The van der Waals surface area contributed by atoms with Gasteiger partial charge in [-0.1, -0.05) is 36.4 Å². The predicted octanol–water partition coefficient (Wildman–Crippen LogP) is 3.80. The van der Waals surface area contributed by atoms with E-state index in [1.165, 1.54) is 0 Å². The Hall–Kier alpha value is -2.29. The Morgan fingerprint density at radius 3 is 2.74 bits per heavy atom. The maximum atomic E-state index is 10.3. The van der Waals surface area contributed by atoms with Crippen molar-refractivity contribution in [1.29, 1.82) is 0 Å². The molecule has 3 nitrogen and oxygen atoms in total. The summed E-state index contributed by atoms with van der Waals surface area (Å²) < 4.78 is 1.16. The van der Waals surface area contributed by atoms with Crippen LogP contribution < -0.4 is 0 Å². The van der Waals surface area contributed by atoms with Crippen LogP contribution in [0.5, 0.6) is 0 Å². The molecule has 3 rings (SSSR count). The first kappa shape index (κ1) is 11.8. The van der Waals surface area contributed by atoms with Crippen LogP contribution in [0.1, 0.15) is 5.56 Å². The molecule has 0 spiro atoms. The van der Waals surface area contributed by atoms with Gasteiger partial charge in [-0.2, -0.15) is 0 Å².